The van der Waals surface area contributed by atoms with Crippen molar-refractivity contribution in [2.75, 3.05) is 0 Å². The Kier molecular flexibility index (Phi) is 13.1. The fraction of sp³-hybridized carbons (Fsp3) is 0.0989. The van der Waals surface area contributed by atoms with Crippen molar-refractivity contribution in [3.63, 3.8) is 0 Å². The van der Waals surface area contributed by atoms with Crippen molar-refractivity contribution < 1.29 is 8.83 Å². The number of pyridine rings is 2. The standard InChI is InChI=1S/C91H66N6O2/c1-3-57(46-59-47-66(96-80-26-11-6-22-71(80)90-84(96)28-15-43-92-90)55-67(48-59)97-81-27-12-7-23-72(81)91-85(97)29-16-44-93-91)32-31-56(2)45-58-33-40-87-75(49-58)77-53-63(37-42-89(77)99-87)61-35-39-83-74(51-61)69-20-5-10-25-79(69)95(83)65-18-14-17-64(54-65)94-78-24-9-4-19-68(78)73-50-60(34-38-82(73)94)62-36-41-88-76(52-62)70-21-8-13-30-86(70)98-88/h4-30,33-44,47-57H,3,31-32,45-46H2,1-2H3. The summed E-state index contributed by atoms with van der Waals surface area (Å²) in [7, 11) is 0. The molecule has 0 radical (unpaired) electrons. The summed E-state index contributed by atoms with van der Waals surface area (Å²) in [6, 6.07) is 102. The predicted octanol–water partition coefficient (Wildman–Crippen LogP) is 24.2. The number of furan rings is 2. The fourth-order valence-electron chi connectivity index (χ4n) is 16.6. The molecule has 0 aliphatic heterocycles. The lowest BCUT2D eigenvalue weighted by molar-refractivity contribution is 0.396. The Morgan fingerprint density at radius 2 is 0.697 bits per heavy atom. The van der Waals surface area contributed by atoms with Crippen LogP contribution < -0.4 is 0 Å². The minimum atomic E-state index is 0.485. The Labute approximate surface area is 570 Å². The maximum absolute atomic E-state index is 6.59. The van der Waals surface area contributed by atoms with Gasteiger partial charge in [0.25, 0.3) is 0 Å². The Morgan fingerprint density at radius 1 is 0.293 bits per heavy atom. The first-order valence-electron chi connectivity index (χ1n) is 34.8. The maximum Gasteiger partial charge on any atom is 0.135 e. The third-order valence-corrected chi connectivity index (χ3v) is 21.4. The molecule has 0 aliphatic carbocycles. The molecule has 8 nitrogen and oxygen atoms in total. The molecule has 8 heterocycles. The van der Waals surface area contributed by atoms with E-state index in [0.717, 1.165) is 159 Å². The van der Waals surface area contributed by atoms with Crippen LogP contribution >= 0.6 is 0 Å². The summed E-state index contributed by atoms with van der Waals surface area (Å²) in [6.45, 7) is 4.80. The van der Waals surface area contributed by atoms with Crippen LogP contribution in [0, 0.1) is 11.8 Å². The number of hydrogen-bond acceptors (Lipinski definition) is 4. The van der Waals surface area contributed by atoms with Gasteiger partial charge in [0, 0.05) is 89.0 Å². The van der Waals surface area contributed by atoms with Crippen molar-refractivity contribution >= 4 is 131 Å². The van der Waals surface area contributed by atoms with Crippen LogP contribution in [0.15, 0.2) is 300 Å². The van der Waals surface area contributed by atoms with Crippen molar-refractivity contribution in [1.29, 1.82) is 0 Å². The summed E-state index contributed by atoms with van der Waals surface area (Å²) in [5.74, 6) is 0.987. The first kappa shape index (κ1) is 57.0. The lowest BCUT2D eigenvalue weighted by Gasteiger charge is -2.20. The second-order valence-electron chi connectivity index (χ2n) is 27.3. The molecule has 99 heavy (non-hydrogen) atoms. The largest absolute Gasteiger partial charge is 0.456 e. The van der Waals surface area contributed by atoms with Crippen LogP contribution in [0.4, 0.5) is 0 Å². The molecule has 2 atom stereocenters. The van der Waals surface area contributed by atoms with Gasteiger partial charge in [-0.3, -0.25) is 9.97 Å². The van der Waals surface area contributed by atoms with Crippen LogP contribution in [0.3, 0.4) is 0 Å². The van der Waals surface area contributed by atoms with E-state index in [2.05, 4.69) is 299 Å². The number of fused-ring (bicyclic) bond motifs is 18. The first-order valence-corrected chi connectivity index (χ1v) is 34.8. The van der Waals surface area contributed by atoms with Gasteiger partial charge in [-0.05, 0) is 216 Å². The lowest BCUT2D eigenvalue weighted by atomic mass is 9.87. The topological polar surface area (TPSA) is 71.8 Å². The Hall–Kier alpha value is -12.3. The zero-order chi connectivity index (χ0) is 65.4. The molecule has 20 aromatic rings. The van der Waals surface area contributed by atoms with E-state index in [1.165, 1.54) is 60.2 Å². The number of hydrogen-bond donors (Lipinski definition) is 0. The van der Waals surface area contributed by atoms with Crippen LogP contribution in [0.1, 0.15) is 44.2 Å². The van der Waals surface area contributed by atoms with E-state index in [1.807, 2.05) is 24.5 Å². The highest BCUT2D eigenvalue weighted by Gasteiger charge is 2.23. The fourth-order valence-corrected chi connectivity index (χ4v) is 16.6. The molecule has 0 spiro atoms. The van der Waals surface area contributed by atoms with Crippen LogP contribution in [-0.2, 0) is 12.8 Å². The monoisotopic (exact) mass is 1270 g/mol. The maximum atomic E-state index is 6.59. The van der Waals surface area contributed by atoms with Gasteiger partial charge in [0.05, 0.1) is 55.2 Å². The number of rotatable bonds is 14. The second-order valence-corrected chi connectivity index (χ2v) is 27.3. The number of nitrogens with zero attached hydrogens (tertiary/aromatic N) is 6. The highest BCUT2D eigenvalue weighted by molar-refractivity contribution is 6.14. The second kappa shape index (κ2) is 22.7. The first-order chi connectivity index (χ1) is 48.9. The molecule has 0 amide bonds. The summed E-state index contributed by atoms with van der Waals surface area (Å²) in [4.78, 5) is 9.83. The average molecular weight is 1280 g/mol. The Bertz CT molecular complexity index is 6420. The van der Waals surface area contributed by atoms with Crippen molar-refractivity contribution in [2.24, 2.45) is 11.8 Å². The van der Waals surface area contributed by atoms with Gasteiger partial charge in [0.1, 0.15) is 22.3 Å². The van der Waals surface area contributed by atoms with Crippen molar-refractivity contribution in [1.82, 2.24) is 28.2 Å². The Balaban J connectivity index is 0.585. The molecule has 20 rings (SSSR count). The number of aromatic nitrogens is 6. The number of para-hydroxylation sites is 5. The molecule has 12 aromatic carbocycles. The molecule has 0 aliphatic rings. The van der Waals surface area contributed by atoms with Gasteiger partial charge in [0.2, 0.25) is 0 Å². The van der Waals surface area contributed by atoms with E-state index in [1.54, 1.807) is 0 Å². The lowest BCUT2D eigenvalue weighted by Crippen LogP contribution is -2.09. The third-order valence-electron chi connectivity index (χ3n) is 21.4. The van der Waals surface area contributed by atoms with Crippen molar-refractivity contribution in [3.8, 4) is 45.0 Å². The van der Waals surface area contributed by atoms with Crippen LogP contribution in [0.25, 0.3) is 176 Å². The zero-order valence-corrected chi connectivity index (χ0v) is 54.9. The summed E-state index contributed by atoms with van der Waals surface area (Å²) < 4.78 is 22.5. The van der Waals surface area contributed by atoms with Gasteiger partial charge >= 0.3 is 0 Å². The predicted molar refractivity (Wildman–Crippen MR) is 411 cm³/mol. The molecular weight excluding hydrogens is 1210 g/mol. The van der Waals surface area contributed by atoms with E-state index in [-0.39, 0.29) is 0 Å². The highest BCUT2D eigenvalue weighted by atomic mass is 16.3. The molecule has 0 saturated heterocycles. The smallest absolute Gasteiger partial charge is 0.135 e. The SMILES string of the molecule is CCC(CCC(C)Cc1ccc2oc3ccc(-c4ccc5c(c4)c4ccccc4n5-c4cccc(-n5c6ccccc6c6cc(-c7ccc8oc9ccccc9c8c7)ccc65)c4)cc3c2c1)Cc1cc(-n2c3ccccc3c3ncccc32)cc(-n2c3ccccc3c3ncccc32)c1. The van der Waals surface area contributed by atoms with Crippen LogP contribution in [-0.4, -0.2) is 28.2 Å². The minimum absolute atomic E-state index is 0.485. The summed E-state index contributed by atoms with van der Waals surface area (Å²) >= 11 is 0. The molecular formula is C91H66N6O2. The molecule has 0 bridgehead atoms. The molecule has 0 saturated carbocycles. The summed E-state index contributed by atoms with van der Waals surface area (Å²) in [6.07, 6.45) is 9.15. The Morgan fingerprint density at radius 3 is 1.24 bits per heavy atom. The van der Waals surface area contributed by atoms with Gasteiger partial charge in [-0.15, -0.1) is 0 Å². The number of benzene rings is 12. The minimum Gasteiger partial charge on any atom is -0.456 e. The van der Waals surface area contributed by atoms with Crippen LogP contribution in [0.2, 0.25) is 0 Å². The molecule has 2 unspecified atom stereocenters. The van der Waals surface area contributed by atoms with E-state index in [0.29, 0.717) is 11.8 Å². The average Bonchev–Trinajstić information content (AvgIpc) is 1.60. The van der Waals surface area contributed by atoms with Crippen LogP contribution in [0.5, 0.6) is 0 Å². The van der Waals surface area contributed by atoms with E-state index in [4.69, 9.17) is 18.8 Å². The normalized spacial score (nSPS) is 12.9. The van der Waals surface area contributed by atoms with Crippen molar-refractivity contribution in [3.05, 3.63) is 303 Å². The van der Waals surface area contributed by atoms with E-state index < -0.39 is 0 Å². The van der Waals surface area contributed by atoms with Gasteiger partial charge in [-0.1, -0.05) is 154 Å². The van der Waals surface area contributed by atoms with Gasteiger partial charge < -0.3 is 27.1 Å². The zero-order valence-electron chi connectivity index (χ0n) is 54.9. The molecule has 8 aromatic heterocycles. The molecule has 0 fully saturated rings. The third kappa shape index (κ3) is 9.27. The summed E-state index contributed by atoms with van der Waals surface area (Å²) in [5.41, 5.74) is 26.7. The highest BCUT2D eigenvalue weighted by Crippen LogP contribution is 2.43. The van der Waals surface area contributed by atoms with Gasteiger partial charge in [0.15, 0.2) is 0 Å². The van der Waals surface area contributed by atoms with E-state index in [9.17, 15) is 0 Å². The molecule has 0 N–H and O–H groups in total. The summed E-state index contributed by atoms with van der Waals surface area (Å²) in [5, 5.41) is 11.8. The quantitative estimate of drug-likeness (QED) is 0.109. The van der Waals surface area contributed by atoms with E-state index >= 15 is 0 Å². The molecule has 8 heteroatoms. The molecule has 472 valence electrons. The van der Waals surface area contributed by atoms with Crippen molar-refractivity contribution in [2.45, 2.75) is 46.0 Å². The van der Waals surface area contributed by atoms with Gasteiger partial charge in [-0.2, -0.15) is 0 Å². The van der Waals surface area contributed by atoms with Gasteiger partial charge in [-0.25, -0.2) is 0 Å².